The first-order valence-electron chi connectivity index (χ1n) is 3.89. The molecule has 0 saturated carbocycles. The third-order valence-electron chi connectivity index (χ3n) is 1.69. The Kier molecular flexibility index (Phi) is 3.35. The summed E-state index contributed by atoms with van der Waals surface area (Å²) < 4.78 is 0. The van der Waals surface area contributed by atoms with Crippen LogP contribution in [0.3, 0.4) is 0 Å². The SMILES string of the molecule is CS/C(C)=N/c1ccccc1C. The molecule has 0 aliphatic carbocycles. The third kappa shape index (κ3) is 2.38. The number of nitrogens with zero attached hydrogens (tertiary/aromatic N) is 1. The predicted molar refractivity (Wildman–Crippen MR) is 57.5 cm³/mol. The van der Waals surface area contributed by atoms with Crippen molar-refractivity contribution < 1.29 is 0 Å². The zero-order valence-corrected chi connectivity index (χ0v) is 8.48. The first-order valence-corrected chi connectivity index (χ1v) is 5.11. The highest BCUT2D eigenvalue weighted by atomic mass is 32.2. The molecule has 0 N–H and O–H groups in total. The second-order valence-corrected chi connectivity index (χ2v) is 3.62. The fourth-order valence-electron chi connectivity index (χ4n) is 0.904. The van der Waals surface area contributed by atoms with Crippen molar-refractivity contribution in [3.05, 3.63) is 29.8 Å². The van der Waals surface area contributed by atoms with Crippen molar-refractivity contribution in [2.75, 3.05) is 6.26 Å². The average Bonchev–Trinajstić information content (AvgIpc) is 2.09. The molecule has 1 aromatic rings. The van der Waals surface area contributed by atoms with Crippen molar-refractivity contribution >= 4 is 22.5 Å². The van der Waals surface area contributed by atoms with Gasteiger partial charge in [0.2, 0.25) is 0 Å². The lowest BCUT2D eigenvalue weighted by atomic mass is 10.2. The molecule has 0 radical (unpaired) electrons. The van der Waals surface area contributed by atoms with Crippen molar-refractivity contribution in [2.24, 2.45) is 4.99 Å². The molecule has 12 heavy (non-hydrogen) atoms. The van der Waals surface area contributed by atoms with E-state index in [0.717, 1.165) is 10.7 Å². The van der Waals surface area contributed by atoms with Gasteiger partial charge in [-0.3, -0.25) is 0 Å². The van der Waals surface area contributed by atoms with Crippen LogP contribution in [0.2, 0.25) is 0 Å². The molecule has 0 unspecified atom stereocenters. The molecule has 64 valence electrons. The van der Waals surface area contributed by atoms with Crippen LogP contribution in [0, 0.1) is 6.92 Å². The summed E-state index contributed by atoms with van der Waals surface area (Å²) in [5.41, 5.74) is 2.30. The Balaban J connectivity index is 2.96. The van der Waals surface area contributed by atoms with Crippen LogP contribution in [0.15, 0.2) is 29.3 Å². The summed E-state index contributed by atoms with van der Waals surface area (Å²) in [5.74, 6) is 0. The molecule has 0 amide bonds. The van der Waals surface area contributed by atoms with Gasteiger partial charge in [0.15, 0.2) is 0 Å². The molecule has 0 atom stereocenters. The van der Waals surface area contributed by atoms with Crippen LogP contribution < -0.4 is 0 Å². The molecule has 0 spiro atoms. The maximum atomic E-state index is 4.46. The molecule has 1 rings (SSSR count). The van der Waals surface area contributed by atoms with Crippen molar-refractivity contribution in [3.8, 4) is 0 Å². The molecule has 0 aliphatic heterocycles. The van der Waals surface area contributed by atoms with E-state index in [1.54, 1.807) is 11.8 Å². The Morgan fingerprint density at radius 1 is 1.33 bits per heavy atom. The van der Waals surface area contributed by atoms with E-state index < -0.39 is 0 Å². The topological polar surface area (TPSA) is 12.4 Å². The summed E-state index contributed by atoms with van der Waals surface area (Å²) in [4.78, 5) is 4.46. The van der Waals surface area contributed by atoms with Gasteiger partial charge in [0, 0.05) is 0 Å². The molecular weight excluding hydrogens is 166 g/mol. The number of benzene rings is 1. The van der Waals surface area contributed by atoms with E-state index >= 15 is 0 Å². The minimum absolute atomic E-state index is 1.07. The van der Waals surface area contributed by atoms with Crippen LogP contribution in [-0.2, 0) is 0 Å². The van der Waals surface area contributed by atoms with Crippen LogP contribution in [0.4, 0.5) is 5.69 Å². The predicted octanol–water partition coefficient (Wildman–Crippen LogP) is 3.41. The standard InChI is InChI=1S/C10H13NS/c1-8-6-4-5-7-10(8)11-9(2)12-3/h4-7H,1-3H3/b11-9+. The Morgan fingerprint density at radius 2 is 2.00 bits per heavy atom. The average molecular weight is 179 g/mol. The molecule has 2 heteroatoms. The van der Waals surface area contributed by atoms with Gasteiger partial charge in [-0.15, -0.1) is 11.8 Å². The number of aliphatic imine (C=N–C) groups is 1. The number of hydrogen-bond donors (Lipinski definition) is 0. The smallest absolute Gasteiger partial charge is 0.0705 e. The zero-order chi connectivity index (χ0) is 8.97. The quantitative estimate of drug-likeness (QED) is 0.475. The molecule has 1 nitrogen and oxygen atoms in total. The van der Waals surface area contributed by atoms with Crippen molar-refractivity contribution in [3.63, 3.8) is 0 Å². The van der Waals surface area contributed by atoms with Gasteiger partial charge in [0.1, 0.15) is 0 Å². The summed E-state index contributed by atoms with van der Waals surface area (Å²) >= 11 is 1.68. The van der Waals surface area contributed by atoms with Crippen molar-refractivity contribution in [1.82, 2.24) is 0 Å². The van der Waals surface area contributed by atoms with Gasteiger partial charge in [0.25, 0.3) is 0 Å². The maximum absolute atomic E-state index is 4.46. The molecule has 0 fully saturated rings. The fourth-order valence-corrected chi connectivity index (χ4v) is 1.09. The van der Waals surface area contributed by atoms with Gasteiger partial charge in [0.05, 0.1) is 10.7 Å². The second-order valence-electron chi connectivity index (χ2n) is 2.62. The number of thioether (sulfide) groups is 1. The minimum Gasteiger partial charge on any atom is -0.247 e. The van der Waals surface area contributed by atoms with E-state index in [2.05, 4.69) is 18.0 Å². The highest BCUT2D eigenvalue weighted by Crippen LogP contribution is 2.18. The van der Waals surface area contributed by atoms with Crippen LogP contribution >= 0.6 is 11.8 Å². The first-order chi connectivity index (χ1) is 5.74. The lowest BCUT2D eigenvalue weighted by Gasteiger charge is -1.99. The molecule has 0 aliphatic rings. The van der Waals surface area contributed by atoms with Crippen LogP contribution in [0.25, 0.3) is 0 Å². The van der Waals surface area contributed by atoms with E-state index in [1.807, 2.05) is 31.4 Å². The van der Waals surface area contributed by atoms with Gasteiger partial charge < -0.3 is 0 Å². The lowest BCUT2D eigenvalue weighted by molar-refractivity contribution is 1.40. The highest BCUT2D eigenvalue weighted by molar-refractivity contribution is 8.13. The van der Waals surface area contributed by atoms with Gasteiger partial charge in [-0.05, 0) is 31.7 Å². The van der Waals surface area contributed by atoms with Gasteiger partial charge >= 0.3 is 0 Å². The van der Waals surface area contributed by atoms with Crippen LogP contribution in [-0.4, -0.2) is 11.3 Å². The Hall–Kier alpha value is -0.760. The van der Waals surface area contributed by atoms with Crippen LogP contribution in [0.5, 0.6) is 0 Å². The van der Waals surface area contributed by atoms with E-state index in [1.165, 1.54) is 5.56 Å². The van der Waals surface area contributed by atoms with Crippen molar-refractivity contribution in [1.29, 1.82) is 0 Å². The minimum atomic E-state index is 1.07. The van der Waals surface area contributed by atoms with Crippen molar-refractivity contribution in [2.45, 2.75) is 13.8 Å². The van der Waals surface area contributed by atoms with Crippen LogP contribution in [0.1, 0.15) is 12.5 Å². The van der Waals surface area contributed by atoms with Gasteiger partial charge in [-0.2, -0.15) is 0 Å². The normalized spacial score (nSPS) is 11.8. The molecular formula is C10H13NS. The monoisotopic (exact) mass is 179 g/mol. The molecule has 0 bridgehead atoms. The van der Waals surface area contributed by atoms with E-state index in [9.17, 15) is 0 Å². The number of para-hydroxylation sites is 1. The molecule has 0 aromatic heterocycles. The fraction of sp³-hybridized carbons (Fsp3) is 0.300. The second kappa shape index (κ2) is 4.31. The molecule has 0 heterocycles. The highest BCUT2D eigenvalue weighted by Gasteiger charge is 1.93. The summed E-state index contributed by atoms with van der Waals surface area (Å²) in [6, 6.07) is 8.16. The molecule has 0 saturated heterocycles. The Labute approximate surface area is 77.9 Å². The Morgan fingerprint density at radius 3 is 2.58 bits per heavy atom. The van der Waals surface area contributed by atoms with Gasteiger partial charge in [-0.1, -0.05) is 18.2 Å². The maximum Gasteiger partial charge on any atom is 0.0705 e. The largest absolute Gasteiger partial charge is 0.247 e. The lowest BCUT2D eigenvalue weighted by Crippen LogP contribution is -1.81. The van der Waals surface area contributed by atoms with E-state index in [4.69, 9.17) is 0 Å². The summed E-state index contributed by atoms with van der Waals surface area (Å²) in [5, 5.41) is 1.10. The third-order valence-corrected chi connectivity index (χ3v) is 2.37. The Bertz CT molecular complexity index is 292. The molecule has 1 aromatic carbocycles. The summed E-state index contributed by atoms with van der Waals surface area (Å²) in [6.07, 6.45) is 2.04. The number of aryl methyl sites for hydroxylation is 1. The first kappa shape index (κ1) is 9.33. The summed E-state index contributed by atoms with van der Waals surface area (Å²) in [6.45, 7) is 4.10. The van der Waals surface area contributed by atoms with E-state index in [-0.39, 0.29) is 0 Å². The number of hydrogen-bond acceptors (Lipinski definition) is 2. The van der Waals surface area contributed by atoms with E-state index in [0.29, 0.717) is 0 Å². The zero-order valence-electron chi connectivity index (χ0n) is 7.66. The van der Waals surface area contributed by atoms with Gasteiger partial charge in [-0.25, -0.2) is 4.99 Å². The number of rotatable bonds is 1. The summed E-state index contributed by atoms with van der Waals surface area (Å²) in [7, 11) is 0.